The maximum atomic E-state index is 12.3. The molecule has 1 saturated heterocycles. The first-order valence-electron chi connectivity index (χ1n) is 8.93. The molecule has 0 aromatic heterocycles. The topological polar surface area (TPSA) is 55.8 Å². The van der Waals surface area contributed by atoms with Crippen molar-refractivity contribution in [3.8, 4) is 5.75 Å². The molecule has 5 heteroatoms. The Morgan fingerprint density at radius 1 is 1.20 bits per heavy atom. The number of amides is 1. The Labute approximate surface area is 150 Å². The number of likely N-dealkylation sites (tertiary alicyclic amines) is 1. The molecular weight excluding hydrogens is 318 g/mol. The maximum absolute atomic E-state index is 12.3. The molecule has 138 valence electrons. The van der Waals surface area contributed by atoms with Crippen LogP contribution in [0.3, 0.4) is 0 Å². The summed E-state index contributed by atoms with van der Waals surface area (Å²) in [5.74, 6) is 1.00. The number of carbonyl (C=O) groups excluding carboxylic acids is 2. The van der Waals surface area contributed by atoms with Gasteiger partial charge in [0.25, 0.3) is 0 Å². The Bertz CT molecular complexity index is 589. The van der Waals surface area contributed by atoms with Crippen molar-refractivity contribution in [2.24, 2.45) is 0 Å². The predicted octanol–water partition coefficient (Wildman–Crippen LogP) is 3.99. The first kappa shape index (κ1) is 19.3. The van der Waals surface area contributed by atoms with Gasteiger partial charge in [0.15, 0.2) is 0 Å². The van der Waals surface area contributed by atoms with Crippen LogP contribution in [0.1, 0.15) is 52.0 Å². The van der Waals surface area contributed by atoms with Crippen LogP contribution < -0.4 is 4.74 Å². The molecule has 0 unspecified atom stereocenters. The standard InChI is InChI=1S/C20H29NO4/c1-20(2,3)25-19(23)21-13-5-6-16(21)14-17(22)10-7-15-8-11-18(24-4)12-9-15/h8-9,11-12,16H,5-7,10,13-14H2,1-4H3/t16-/m0/s1. The SMILES string of the molecule is COc1ccc(CCC(=O)C[C@@H]2CCCN2C(=O)OC(C)(C)C)cc1. The van der Waals surface area contributed by atoms with Crippen LogP contribution in [-0.2, 0) is 16.0 Å². The Kier molecular flexibility index (Phi) is 6.45. The van der Waals surface area contributed by atoms with Crippen molar-refractivity contribution in [2.75, 3.05) is 13.7 Å². The van der Waals surface area contributed by atoms with Crippen molar-refractivity contribution >= 4 is 11.9 Å². The minimum absolute atomic E-state index is 0.0294. The van der Waals surface area contributed by atoms with E-state index >= 15 is 0 Å². The molecule has 1 aromatic carbocycles. The number of methoxy groups -OCH3 is 1. The van der Waals surface area contributed by atoms with E-state index in [1.165, 1.54) is 0 Å². The molecule has 2 rings (SSSR count). The fourth-order valence-electron chi connectivity index (χ4n) is 3.05. The van der Waals surface area contributed by atoms with Crippen LogP contribution in [0.5, 0.6) is 5.75 Å². The number of ether oxygens (including phenoxy) is 2. The van der Waals surface area contributed by atoms with Crippen LogP contribution >= 0.6 is 0 Å². The van der Waals surface area contributed by atoms with Gasteiger partial charge >= 0.3 is 6.09 Å². The van der Waals surface area contributed by atoms with Crippen molar-refractivity contribution in [1.82, 2.24) is 4.90 Å². The molecule has 1 amide bonds. The summed E-state index contributed by atoms with van der Waals surface area (Å²) in [7, 11) is 1.64. The van der Waals surface area contributed by atoms with Gasteiger partial charge in [0.1, 0.15) is 17.1 Å². The molecule has 1 atom stereocenters. The fourth-order valence-corrected chi connectivity index (χ4v) is 3.05. The minimum Gasteiger partial charge on any atom is -0.497 e. The molecule has 0 spiro atoms. The Hall–Kier alpha value is -2.04. The van der Waals surface area contributed by atoms with Crippen LogP contribution in [0.25, 0.3) is 0 Å². The summed E-state index contributed by atoms with van der Waals surface area (Å²) in [5.41, 5.74) is 0.604. The van der Waals surface area contributed by atoms with Gasteiger partial charge in [0.05, 0.1) is 7.11 Å². The highest BCUT2D eigenvalue weighted by molar-refractivity contribution is 5.80. The first-order valence-corrected chi connectivity index (χ1v) is 8.93. The zero-order valence-corrected chi connectivity index (χ0v) is 15.7. The molecule has 0 N–H and O–H groups in total. The van der Waals surface area contributed by atoms with E-state index in [-0.39, 0.29) is 17.9 Å². The molecule has 1 aliphatic rings. The minimum atomic E-state index is -0.511. The average molecular weight is 347 g/mol. The Morgan fingerprint density at radius 2 is 1.88 bits per heavy atom. The fraction of sp³-hybridized carbons (Fsp3) is 0.600. The number of Topliss-reactive ketones (excluding diaryl/α,β-unsaturated/α-hetero) is 1. The number of rotatable bonds is 6. The smallest absolute Gasteiger partial charge is 0.410 e. The van der Waals surface area contributed by atoms with E-state index in [1.807, 2.05) is 45.0 Å². The van der Waals surface area contributed by atoms with E-state index in [1.54, 1.807) is 12.0 Å². The average Bonchev–Trinajstić information content (AvgIpc) is 3.00. The van der Waals surface area contributed by atoms with Crippen LogP contribution in [0.2, 0.25) is 0 Å². The van der Waals surface area contributed by atoms with Crippen LogP contribution in [0.15, 0.2) is 24.3 Å². The number of nitrogens with zero attached hydrogens (tertiary/aromatic N) is 1. The van der Waals surface area contributed by atoms with Crippen molar-refractivity contribution in [3.05, 3.63) is 29.8 Å². The summed E-state index contributed by atoms with van der Waals surface area (Å²) < 4.78 is 10.6. The molecule has 1 aliphatic heterocycles. The molecule has 1 aromatic rings. The zero-order valence-electron chi connectivity index (χ0n) is 15.7. The summed E-state index contributed by atoms with van der Waals surface area (Å²) in [6.07, 6.45) is 3.10. The Balaban J connectivity index is 1.83. The lowest BCUT2D eigenvalue weighted by Gasteiger charge is -2.28. The number of ketones is 1. The van der Waals surface area contributed by atoms with E-state index in [2.05, 4.69) is 0 Å². The largest absolute Gasteiger partial charge is 0.497 e. The Morgan fingerprint density at radius 3 is 2.48 bits per heavy atom. The second-order valence-corrected chi connectivity index (χ2v) is 7.56. The summed E-state index contributed by atoms with van der Waals surface area (Å²) >= 11 is 0. The number of benzene rings is 1. The third-order valence-corrected chi connectivity index (χ3v) is 4.32. The first-order chi connectivity index (χ1) is 11.8. The normalized spacial score (nSPS) is 17.4. The predicted molar refractivity (Wildman–Crippen MR) is 96.9 cm³/mol. The summed E-state index contributed by atoms with van der Waals surface area (Å²) in [4.78, 5) is 26.3. The highest BCUT2D eigenvalue weighted by Gasteiger charge is 2.33. The van der Waals surface area contributed by atoms with Gasteiger partial charge in [-0.2, -0.15) is 0 Å². The molecule has 5 nitrogen and oxygen atoms in total. The number of aryl methyl sites for hydroxylation is 1. The zero-order chi connectivity index (χ0) is 18.4. The number of carbonyl (C=O) groups is 2. The second kappa shape index (κ2) is 8.37. The van der Waals surface area contributed by atoms with Crippen LogP contribution in [0, 0.1) is 0 Å². The van der Waals surface area contributed by atoms with Crippen molar-refractivity contribution in [2.45, 2.75) is 64.5 Å². The summed E-state index contributed by atoms with van der Waals surface area (Å²) in [6, 6.07) is 7.74. The molecule has 0 aliphatic carbocycles. The van der Waals surface area contributed by atoms with Crippen molar-refractivity contribution < 1.29 is 19.1 Å². The van der Waals surface area contributed by atoms with Crippen molar-refractivity contribution in [1.29, 1.82) is 0 Å². The number of hydrogen-bond donors (Lipinski definition) is 0. The van der Waals surface area contributed by atoms with E-state index in [9.17, 15) is 9.59 Å². The van der Waals surface area contributed by atoms with Gasteiger partial charge in [0, 0.05) is 25.4 Å². The van der Waals surface area contributed by atoms with Gasteiger partial charge in [-0.3, -0.25) is 4.79 Å². The number of hydrogen-bond acceptors (Lipinski definition) is 4. The van der Waals surface area contributed by atoms with Crippen LogP contribution in [-0.4, -0.2) is 42.1 Å². The van der Waals surface area contributed by atoms with Gasteiger partial charge in [0.2, 0.25) is 0 Å². The molecule has 0 radical (unpaired) electrons. The highest BCUT2D eigenvalue weighted by atomic mass is 16.6. The third kappa shape index (κ3) is 6.07. The van der Waals surface area contributed by atoms with Gasteiger partial charge in [-0.25, -0.2) is 4.79 Å². The van der Waals surface area contributed by atoms with Crippen molar-refractivity contribution in [3.63, 3.8) is 0 Å². The lowest BCUT2D eigenvalue weighted by Crippen LogP contribution is -2.40. The highest BCUT2D eigenvalue weighted by Crippen LogP contribution is 2.24. The van der Waals surface area contributed by atoms with E-state index < -0.39 is 5.60 Å². The monoisotopic (exact) mass is 347 g/mol. The van der Waals surface area contributed by atoms with E-state index in [0.29, 0.717) is 25.8 Å². The molecule has 0 saturated carbocycles. The summed E-state index contributed by atoms with van der Waals surface area (Å²) in [6.45, 7) is 6.24. The van der Waals surface area contributed by atoms with Crippen LogP contribution in [0.4, 0.5) is 4.79 Å². The third-order valence-electron chi connectivity index (χ3n) is 4.32. The van der Waals surface area contributed by atoms with E-state index in [4.69, 9.17) is 9.47 Å². The lowest BCUT2D eigenvalue weighted by molar-refractivity contribution is -0.119. The van der Waals surface area contributed by atoms with Gasteiger partial charge in [-0.1, -0.05) is 12.1 Å². The summed E-state index contributed by atoms with van der Waals surface area (Å²) in [5, 5.41) is 0. The van der Waals surface area contributed by atoms with Gasteiger partial charge in [-0.05, 0) is 57.7 Å². The molecule has 1 heterocycles. The lowest BCUT2D eigenvalue weighted by atomic mass is 10.0. The van der Waals surface area contributed by atoms with Gasteiger partial charge < -0.3 is 14.4 Å². The molecule has 1 fully saturated rings. The quantitative estimate of drug-likeness (QED) is 0.781. The second-order valence-electron chi connectivity index (χ2n) is 7.56. The molecule has 0 bridgehead atoms. The molecule has 25 heavy (non-hydrogen) atoms. The maximum Gasteiger partial charge on any atom is 0.410 e. The van der Waals surface area contributed by atoms with Gasteiger partial charge in [-0.15, -0.1) is 0 Å². The van der Waals surface area contributed by atoms with E-state index in [0.717, 1.165) is 24.2 Å². The molecular formula is C20H29NO4.